The number of rotatable bonds is 7. The van der Waals surface area contributed by atoms with E-state index in [1.807, 2.05) is 0 Å². The van der Waals surface area contributed by atoms with Gasteiger partial charge in [0.25, 0.3) is 5.91 Å². The van der Waals surface area contributed by atoms with Gasteiger partial charge in [-0.2, -0.15) is 0 Å². The fraction of sp³-hybridized carbons (Fsp3) is 0.500. The first-order valence-corrected chi connectivity index (χ1v) is 13.6. The number of hydrogen-bond acceptors (Lipinski definition) is 5. The lowest BCUT2D eigenvalue weighted by Gasteiger charge is -2.29. The summed E-state index contributed by atoms with van der Waals surface area (Å²) < 4.78 is 26.7. The minimum Gasteiger partial charge on any atom is -0.372 e. The van der Waals surface area contributed by atoms with E-state index in [1.54, 1.807) is 30.1 Å². The zero-order chi connectivity index (χ0) is 24.3. The second-order valence-electron chi connectivity index (χ2n) is 9.54. The Bertz CT molecular complexity index is 1100. The molecule has 0 unspecified atom stereocenters. The lowest BCUT2D eigenvalue weighted by molar-refractivity contribution is 0.0785. The highest BCUT2D eigenvalue weighted by Crippen LogP contribution is 2.29. The summed E-state index contributed by atoms with van der Waals surface area (Å²) in [5, 5.41) is 0. The molecule has 0 saturated carbocycles. The van der Waals surface area contributed by atoms with E-state index in [0.717, 1.165) is 50.3 Å². The Balaban J connectivity index is 1.56. The zero-order valence-corrected chi connectivity index (χ0v) is 21.4. The van der Waals surface area contributed by atoms with Crippen LogP contribution in [0.15, 0.2) is 47.4 Å². The highest BCUT2D eigenvalue weighted by Gasteiger charge is 2.26. The van der Waals surface area contributed by atoms with Gasteiger partial charge in [-0.3, -0.25) is 4.79 Å². The predicted molar refractivity (Wildman–Crippen MR) is 137 cm³/mol. The van der Waals surface area contributed by atoms with Crippen LogP contribution in [0.2, 0.25) is 0 Å². The van der Waals surface area contributed by atoms with Crippen LogP contribution in [0.4, 0.5) is 11.4 Å². The smallest absolute Gasteiger partial charge is 0.256 e. The van der Waals surface area contributed by atoms with Crippen LogP contribution in [-0.4, -0.2) is 70.9 Å². The van der Waals surface area contributed by atoms with Crippen LogP contribution in [0.5, 0.6) is 0 Å². The second-order valence-corrected chi connectivity index (χ2v) is 11.7. The van der Waals surface area contributed by atoms with Crippen LogP contribution in [0.25, 0.3) is 0 Å². The van der Waals surface area contributed by atoms with Crippen molar-refractivity contribution < 1.29 is 13.2 Å². The molecule has 7 nitrogen and oxygen atoms in total. The molecule has 0 N–H and O–H groups in total. The van der Waals surface area contributed by atoms with Crippen molar-refractivity contribution in [3.05, 3.63) is 53.6 Å². The maximum atomic E-state index is 13.6. The van der Waals surface area contributed by atoms with Gasteiger partial charge >= 0.3 is 0 Å². The molecule has 0 spiro atoms. The summed E-state index contributed by atoms with van der Waals surface area (Å²) in [6, 6.07) is 13.4. The van der Waals surface area contributed by atoms with Crippen LogP contribution in [0.1, 0.15) is 48.0 Å². The first kappa shape index (κ1) is 24.5. The van der Waals surface area contributed by atoms with Gasteiger partial charge in [0.15, 0.2) is 0 Å². The standard InChI is InChI=1S/C26H36N4O3S/c1-27(2)34(32,33)23-13-14-25(30-17-7-8-18-30)24(19-23)26(31)28(3)20-21-9-11-22(12-10-21)29-15-5-4-6-16-29/h9-14,19H,4-8,15-18,20H2,1-3H3. The third-order valence-electron chi connectivity index (χ3n) is 6.85. The highest BCUT2D eigenvalue weighted by molar-refractivity contribution is 7.89. The molecule has 0 atom stereocenters. The third kappa shape index (κ3) is 5.23. The van der Waals surface area contributed by atoms with Gasteiger partial charge in [-0.15, -0.1) is 0 Å². The Morgan fingerprint density at radius 2 is 1.41 bits per heavy atom. The number of anilines is 2. The Morgan fingerprint density at radius 3 is 2.03 bits per heavy atom. The van der Waals surface area contributed by atoms with E-state index >= 15 is 0 Å². The molecule has 0 bridgehead atoms. The maximum absolute atomic E-state index is 13.6. The van der Waals surface area contributed by atoms with Crippen molar-refractivity contribution in [3.63, 3.8) is 0 Å². The van der Waals surface area contributed by atoms with E-state index in [2.05, 4.69) is 34.1 Å². The number of nitrogens with zero attached hydrogens (tertiary/aromatic N) is 4. The topological polar surface area (TPSA) is 64.2 Å². The zero-order valence-electron chi connectivity index (χ0n) is 20.5. The molecule has 0 aliphatic carbocycles. The van der Waals surface area contributed by atoms with Gasteiger partial charge in [-0.25, -0.2) is 12.7 Å². The van der Waals surface area contributed by atoms with Gasteiger partial charge in [-0.1, -0.05) is 12.1 Å². The average molecular weight is 485 g/mol. The monoisotopic (exact) mass is 484 g/mol. The maximum Gasteiger partial charge on any atom is 0.256 e. The molecule has 2 aliphatic heterocycles. The Hall–Kier alpha value is -2.58. The number of piperidine rings is 1. The Morgan fingerprint density at radius 1 is 0.824 bits per heavy atom. The summed E-state index contributed by atoms with van der Waals surface area (Å²) in [5.74, 6) is -0.169. The second kappa shape index (κ2) is 10.4. The van der Waals surface area contributed by atoms with E-state index in [9.17, 15) is 13.2 Å². The number of sulfonamides is 1. The quantitative estimate of drug-likeness (QED) is 0.598. The van der Waals surface area contributed by atoms with Crippen molar-refractivity contribution in [3.8, 4) is 0 Å². The number of hydrogen-bond donors (Lipinski definition) is 0. The molecule has 2 fully saturated rings. The summed E-state index contributed by atoms with van der Waals surface area (Å²) in [6.07, 6.45) is 5.93. The molecular weight excluding hydrogens is 448 g/mol. The highest BCUT2D eigenvalue weighted by atomic mass is 32.2. The van der Waals surface area contributed by atoms with Crippen molar-refractivity contribution >= 4 is 27.3 Å². The minimum atomic E-state index is -3.63. The number of carbonyl (C=O) groups excluding carboxylic acids is 1. The molecule has 34 heavy (non-hydrogen) atoms. The summed E-state index contributed by atoms with van der Waals surface area (Å²) in [5.41, 5.74) is 3.54. The molecule has 0 radical (unpaired) electrons. The molecule has 2 aliphatic rings. The molecule has 2 heterocycles. The molecule has 184 valence electrons. The third-order valence-corrected chi connectivity index (χ3v) is 8.66. The van der Waals surface area contributed by atoms with Crippen LogP contribution in [0.3, 0.4) is 0 Å². The van der Waals surface area contributed by atoms with E-state index in [1.165, 1.54) is 43.4 Å². The fourth-order valence-corrected chi connectivity index (χ4v) is 5.74. The van der Waals surface area contributed by atoms with Gasteiger partial charge in [0.2, 0.25) is 10.0 Å². The van der Waals surface area contributed by atoms with Gasteiger partial charge in [0, 0.05) is 65.2 Å². The lowest BCUT2D eigenvalue weighted by Crippen LogP contribution is -2.30. The van der Waals surface area contributed by atoms with Gasteiger partial charge in [0.05, 0.1) is 10.5 Å². The van der Waals surface area contributed by atoms with Crippen molar-refractivity contribution in [1.29, 1.82) is 0 Å². The fourth-order valence-electron chi connectivity index (χ4n) is 4.81. The predicted octanol–water partition coefficient (Wildman–Crippen LogP) is 3.80. The molecule has 4 rings (SSSR count). The first-order valence-electron chi connectivity index (χ1n) is 12.2. The molecule has 2 aromatic rings. The largest absolute Gasteiger partial charge is 0.372 e. The minimum absolute atomic E-state index is 0.142. The molecule has 8 heteroatoms. The summed E-state index contributed by atoms with van der Waals surface area (Å²) >= 11 is 0. The molecule has 1 amide bonds. The Kier molecular flexibility index (Phi) is 7.48. The van der Waals surface area contributed by atoms with E-state index in [0.29, 0.717) is 12.1 Å². The van der Waals surface area contributed by atoms with E-state index < -0.39 is 10.0 Å². The van der Waals surface area contributed by atoms with Crippen molar-refractivity contribution in [2.24, 2.45) is 0 Å². The van der Waals surface area contributed by atoms with E-state index in [-0.39, 0.29) is 10.8 Å². The first-order chi connectivity index (χ1) is 16.3. The molecule has 2 saturated heterocycles. The van der Waals surface area contributed by atoms with Gasteiger partial charge in [-0.05, 0) is 68.0 Å². The van der Waals surface area contributed by atoms with Crippen LogP contribution in [-0.2, 0) is 16.6 Å². The molecule has 2 aromatic carbocycles. The van der Waals surface area contributed by atoms with Gasteiger partial charge < -0.3 is 14.7 Å². The summed E-state index contributed by atoms with van der Waals surface area (Å²) in [4.78, 5) is 20.0. The van der Waals surface area contributed by atoms with Crippen LogP contribution >= 0.6 is 0 Å². The summed E-state index contributed by atoms with van der Waals surface area (Å²) in [7, 11) is 1.16. The van der Waals surface area contributed by atoms with Crippen molar-refractivity contribution in [2.75, 3.05) is 57.1 Å². The van der Waals surface area contributed by atoms with Crippen molar-refractivity contribution in [1.82, 2.24) is 9.21 Å². The number of amides is 1. The van der Waals surface area contributed by atoms with Crippen LogP contribution in [0, 0.1) is 0 Å². The summed E-state index contributed by atoms with van der Waals surface area (Å²) in [6.45, 7) is 4.42. The SMILES string of the molecule is CN(Cc1ccc(N2CCCCC2)cc1)C(=O)c1cc(S(=O)(=O)N(C)C)ccc1N1CCCC1. The molecule has 0 aromatic heterocycles. The van der Waals surface area contributed by atoms with Gasteiger partial charge in [0.1, 0.15) is 0 Å². The number of carbonyl (C=O) groups is 1. The average Bonchev–Trinajstić information content (AvgIpc) is 3.39. The van der Waals surface area contributed by atoms with Crippen LogP contribution < -0.4 is 9.80 Å². The number of benzene rings is 2. The Labute approximate surface area is 204 Å². The molecular formula is C26H36N4O3S. The van der Waals surface area contributed by atoms with Crippen molar-refractivity contribution in [2.45, 2.75) is 43.5 Å². The lowest BCUT2D eigenvalue weighted by atomic mass is 10.1. The van der Waals surface area contributed by atoms with E-state index in [4.69, 9.17) is 0 Å². The normalized spacial score (nSPS) is 16.8.